The largest absolute Gasteiger partial charge is 0.300 e. The van der Waals surface area contributed by atoms with Crippen molar-refractivity contribution in [3.8, 4) is 0 Å². The van der Waals surface area contributed by atoms with Crippen LogP contribution in [-0.4, -0.2) is 5.78 Å². The van der Waals surface area contributed by atoms with E-state index in [9.17, 15) is 9.18 Å². The van der Waals surface area contributed by atoms with Gasteiger partial charge in [0.2, 0.25) is 0 Å². The molecule has 1 aliphatic rings. The predicted molar refractivity (Wildman–Crippen MR) is 46.4 cm³/mol. The van der Waals surface area contributed by atoms with E-state index in [0.29, 0.717) is 12.8 Å². The lowest BCUT2D eigenvalue weighted by atomic mass is 9.99. The normalized spacial score (nSPS) is 16.8. The van der Waals surface area contributed by atoms with Gasteiger partial charge in [-0.25, -0.2) is 4.39 Å². The number of carbonyl (C=O) groups is 1. The van der Waals surface area contributed by atoms with E-state index >= 15 is 0 Å². The van der Waals surface area contributed by atoms with Gasteiger partial charge in [-0.15, -0.1) is 0 Å². The Bertz CT molecular complexity index is 238. The molecule has 0 aromatic heterocycles. The van der Waals surface area contributed by atoms with Gasteiger partial charge in [-0.1, -0.05) is 6.08 Å². The van der Waals surface area contributed by atoms with E-state index in [1.165, 1.54) is 13.0 Å². The standard InChI is InChI=1S/C10H13FO/c1-8(12)6-7-9-4-2-3-5-10(9)11/h3,5H,2,4,6-7H2,1H3. The summed E-state index contributed by atoms with van der Waals surface area (Å²) in [5, 5.41) is 0. The van der Waals surface area contributed by atoms with Gasteiger partial charge in [0.15, 0.2) is 0 Å². The van der Waals surface area contributed by atoms with Crippen molar-refractivity contribution in [2.24, 2.45) is 0 Å². The fourth-order valence-electron chi connectivity index (χ4n) is 1.25. The molecule has 0 spiro atoms. The van der Waals surface area contributed by atoms with E-state index in [0.717, 1.165) is 18.4 Å². The summed E-state index contributed by atoms with van der Waals surface area (Å²) in [7, 11) is 0. The highest BCUT2D eigenvalue weighted by molar-refractivity contribution is 5.75. The van der Waals surface area contributed by atoms with Crippen molar-refractivity contribution in [3.63, 3.8) is 0 Å². The molecule has 0 amide bonds. The minimum absolute atomic E-state index is 0.129. The molecule has 66 valence electrons. The maximum Gasteiger partial charge on any atom is 0.130 e. The zero-order chi connectivity index (χ0) is 8.97. The summed E-state index contributed by atoms with van der Waals surface area (Å²) in [4.78, 5) is 10.6. The molecule has 1 rings (SSSR count). The van der Waals surface area contributed by atoms with E-state index in [4.69, 9.17) is 0 Å². The molecule has 0 heterocycles. The number of halogens is 1. The van der Waals surface area contributed by atoms with Gasteiger partial charge in [0.1, 0.15) is 11.6 Å². The van der Waals surface area contributed by atoms with E-state index in [2.05, 4.69) is 0 Å². The highest BCUT2D eigenvalue weighted by Crippen LogP contribution is 2.23. The first-order valence-electron chi connectivity index (χ1n) is 4.23. The summed E-state index contributed by atoms with van der Waals surface area (Å²) in [6.45, 7) is 1.54. The fourth-order valence-corrected chi connectivity index (χ4v) is 1.25. The SMILES string of the molecule is CC(=O)CCC1=C(F)C=CCC1. The lowest BCUT2D eigenvalue weighted by Gasteiger charge is -2.08. The Morgan fingerprint density at radius 3 is 3.00 bits per heavy atom. The van der Waals surface area contributed by atoms with Crippen LogP contribution in [0.1, 0.15) is 32.6 Å². The Labute approximate surface area is 72.0 Å². The first-order valence-corrected chi connectivity index (χ1v) is 4.23. The molecule has 0 saturated carbocycles. The smallest absolute Gasteiger partial charge is 0.130 e. The summed E-state index contributed by atoms with van der Waals surface area (Å²) in [6.07, 6.45) is 6.06. The van der Waals surface area contributed by atoms with Gasteiger partial charge in [0.25, 0.3) is 0 Å². The maximum atomic E-state index is 13.0. The van der Waals surface area contributed by atoms with Gasteiger partial charge in [0.05, 0.1) is 0 Å². The molecule has 0 aliphatic heterocycles. The number of hydrogen-bond donors (Lipinski definition) is 0. The molecule has 0 fully saturated rings. The van der Waals surface area contributed by atoms with Gasteiger partial charge in [-0.05, 0) is 37.8 Å². The van der Waals surface area contributed by atoms with Crippen molar-refractivity contribution >= 4 is 5.78 Å². The molecular weight excluding hydrogens is 155 g/mol. The molecule has 0 saturated heterocycles. The minimum Gasteiger partial charge on any atom is -0.300 e. The molecule has 0 N–H and O–H groups in total. The lowest BCUT2D eigenvalue weighted by molar-refractivity contribution is -0.116. The molecular formula is C10H13FO. The van der Waals surface area contributed by atoms with Gasteiger partial charge in [-0.3, -0.25) is 0 Å². The van der Waals surface area contributed by atoms with Gasteiger partial charge in [0, 0.05) is 6.42 Å². The summed E-state index contributed by atoms with van der Waals surface area (Å²) < 4.78 is 13.0. The van der Waals surface area contributed by atoms with E-state index in [-0.39, 0.29) is 11.6 Å². The third-order valence-corrected chi connectivity index (χ3v) is 1.99. The first-order chi connectivity index (χ1) is 5.70. The minimum atomic E-state index is -0.137. The molecule has 0 aromatic carbocycles. The Morgan fingerprint density at radius 1 is 1.67 bits per heavy atom. The second-order valence-corrected chi connectivity index (χ2v) is 3.09. The van der Waals surface area contributed by atoms with Crippen molar-refractivity contribution in [2.45, 2.75) is 32.6 Å². The number of carbonyl (C=O) groups excluding carboxylic acids is 1. The molecule has 0 unspecified atom stereocenters. The summed E-state index contributed by atoms with van der Waals surface area (Å²) >= 11 is 0. The topological polar surface area (TPSA) is 17.1 Å². The molecule has 1 nitrogen and oxygen atoms in total. The van der Waals surface area contributed by atoms with Crippen LogP contribution in [0.4, 0.5) is 4.39 Å². The van der Waals surface area contributed by atoms with Crippen molar-refractivity contribution in [2.75, 3.05) is 0 Å². The Morgan fingerprint density at radius 2 is 2.42 bits per heavy atom. The quantitative estimate of drug-likeness (QED) is 0.633. The first kappa shape index (κ1) is 9.17. The van der Waals surface area contributed by atoms with Crippen molar-refractivity contribution in [1.82, 2.24) is 0 Å². The van der Waals surface area contributed by atoms with E-state index < -0.39 is 0 Å². The van der Waals surface area contributed by atoms with Crippen molar-refractivity contribution in [1.29, 1.82) is 0 Å². The van der Waals surface area contributed by atoms with Crippen molar-refractivity contribution in [3.05, 3.63) is 23.6 Å². The van der Waals surface area contributed by atoms with Crippen LogP contribution in [-0.2, 0) is 4.79 Å². The number of allylic oxidation sites excluding steroid dienone is 4. The third kappa shape index (κ3) is 2.61. The second kappa shape index (κ2) is 4.19. The molecule has 0 bridgehead atoms. The number of rotatable bonds is 3. The molecule has 0 aromatic rings. The summed E-state index contributed by atoms with van der Waals surface area (Å²) in [5.41, 5.74) is 0.799. The van der Waals surface area contributed by atoms with Crippen LogP contribution >= 0.6 is 0 Å². The summed E-state index contributed by atoms with van der Waals surface area (Å²) in [5.74, 6) is -0.00708. The lowest BCUT2D eigenvalue weighted by Crippen LogP contribution is -1.96. The van der Waals surface area contributed by atoms with Crippen LogP contribution in [0.3, 0.4) is 0 Å². The predicted octanol–water partition coefficient (Wildman–Crippen LogP) is 2.93. The molecule has 2 heteroatoms. The maximum absolute atomic E-state index is 13.0. The van der Waals surface area contributed by atoms with Crippen LogP contribution in [0.2, 0.25) is 0 Å². The molecule has 1 aliphatic carbocycles. The summed E-state index contributed by atoms with van der Waals surface area (Å²) in [6, 6.07) is 0. The average molecular weight is 168 g/mol. The Balaban J connectivity index is 2.49. The van der Waals surface area contributed by atoms with Crippen LogP contribution in [0.5, 0.6) is 0 Å². The molecule has 0 atom stereocenters. The number of Topliss-reactive ketones (excluding diaryl/α,β-unsaturated/α-hetero) is 1. The van der Waals surface area contributed by atoms with E-state index in [1.54, 1.807) is 0 Å². The fraction of sp³-hybridized carbons (Fsp3) is 0.500. The molecule has 12 heavy (non-hydrogen) atoms. The zero-order valence-electron chi connectivity index (χ0n) is 7.27. The van der Waals surface area contributed by atoms with Crippen LogP contribution in [0.15, 0.2) is 23.6 Å². The monoisotopic (exact) mass is 168 g/mol. The highest BCUT2D eigenvalue weighted by atomic mass is 19.1. The van der Waals surface area contributed by atoms with Crippen LogP contribution in [0, 0.1) is 0 Å². The highest BCUT2D eigenvalue weighted by Gasteiger charge is 2.08. The van der Waals surface area contributed by atoms with Gasteiger partial charge >= 0.3 is 0 Å². The Kier molecular flexibility index (Phi) is 3.20. The van der Waals surface area contributed by atoms with Gasteiger partial charge < -0.3 is 4.79 Å². The average Bonchev–Trinajstić information content (AvgIpc) is 2.03. The second-order valence-electron chi connectivity index (χ2n) is 3.09. The Hall–Kier alpha value is -0.920. The van der Waals surface area contributed by atoms with Gasteiger partial charge in [-0.2, -0.15) is 0 Å². The van der Waals surface area contributed by atoms with Crippen molar-refractivity contribution < 1.29 is 9.18 Å². The van der Waals surface area contributed by atoms with Crippen LogP contribution < -0.4 is 0 Å². The zero-order valence-corrected chi connectivity index (χ0v) is 7.27. The molecule has 0 radical (unpaired) electrons. The van der Waals surface area contributed by atoms with Crippen LogP contribution in [0.25, 0.3) is 0 Å². The number of hydrogen-bond acceptors (Lipinski definition) is 1. The number of ketones is 1. The third-order valence-electron chi connectivity index (χ3n) is 1.99. The van der Waals surface area contributed by atoms with E-state index in [1.807, 2.05) is 6.08 Å².